The molecular formula is C15H19ClN2. The summed E-state index contributed by atoms with van der Waals surface area (Å²) in [5, 5.41) is 0.825. The van der Waals surface area contributed by atoms with Gasteiger partial charge < -0.3 is 4.90 Å². The minimum Gasteiger partial charge on any atom is -0.364 e. The van der Waals surface area contributed by atoms with Crippen LogP contribution in [0.2, 0.25) is 5.02 Å². The molecule has 0 saturated heterocycles. The zero-order valence-electron chi connectivity index (χ0n) is 11.2. The Morgan fingerprint density at radius 3 is 3.06 bits per heavy atom. The Hall–Kier alpha value is -1.28. The Labute approximate surface area is 114 Å². The van der Waals surface area contributed by atoms with Crippen LogP contribution in [-0.4, -0.2) is 18.8 Å². The van der Waals surface area contributed by atoms with E-state index in [1.54, 1.807) is 0 Å². The normalized spacial score (nSPS) is 19.7. The first-order valence-electron chi connectivity index (χ1n) is 6.30. The third-order valence-corrected chi connectivity index (χ3v) is 3.50. The molecule has 1 aliphatic heterocycles. The number of aliphatic imine (C=N–C) groups is 1. The largest absolute Gasteiger partial charge is 0.364 e. The number of benzene rings is 1. The molecule has 1 aromatic rings. The SMILES string of the molecule is CC=N/C=C(\C)CN1c2ccc(Cl)cc2CC1C. The van der Waals surface area contributed by atoms with Gasteiger partial charge in [-0.1, -0.05) is 11.6 Å². The Balaban J connectivity index is 2.20. The monoisotopic (exact) mass is 262 g/mol. The van der Waals surface area contributed by atoms with E-state index >= 15 is 0 Å². The van der Waals surface area contributed by atoms with E-state index in [0.29, 0.717) is 6.04 Å². The Morgan fingerprint density at radius 1 is 1.56 bits per heavy atom. The summed E-state index contributed by atoms with van der Waals surface area (Å²) in [6, 6.07) is 6.69. The summed E-state index contributed by atoms with van der Waals surface area (Å²) in [5.74, 6) is 0. The van der Waals surface area contributed by atoms with Crippen LogP contribution in [0.4, 0.5) is 5.69 Å². The summed E-state index contributed by atoms with van der Waals surface area (Å²) in [4.78, 5) is 6.59. The highest BCUT2D eigenvalue weighted by molar-refractivity contribution is 6.30. The van der Waals surface area contributed by atoms with Gasteiger partial charge in [-0.05, 0) is 56.5 Å². The molecule has 1 atom stereocenters. The van der Waals surface area contributed by atoms with Gasteiger partial charge in [-0.25, -0.2) is 0 Å². The molecule has 96 valence electrons. The lowest BCUT2D eigenvalue weighted by Crippen LogP contribution is -2.30. The topological polar surface area (TPSA) is 15.6 Å². The van der Waals surface area contributed by atoms with Crippen LogP contribution in [0.15, 0.2) is 35.0 Å². The highest BCUT2D eigenvalue weighted by Gasteiger charge is 2.25. The maximum atomic E-state index is 6.04. The predicted octanol–water partition coefficient (Wildman–Crippen LogP) is 4.09. The van der Waals surface area contributed by atoms with E-state index in [0.717, 1.165) is 18.0 Å². The van der Waals surface area contributed by atoms with Crippen molar-refractivity contribution in [3.05, 3.63) is 40.6 Å². The van der Waals surface area contributed by atoms with Crippen LogP contribution in [0.3, 0.4) is 0 Å². The summed E-state index contributed by atoms with van der Waals surface area (Å²) >= 11 is 6.04. The fourth-order valence-corrected chi connectivity index (χ4v) is 2.61. The quantitative estimate of drug-likeness (QED) is 0.750. The highest BCUT2D eigenvalue weighted by Crippen LogP contribution is 2.34. The molecule has 1 aliphatic rings. The van der Waals surface area contributed by atoms with Crippen molar-refractivity contribution in [3.63, 3.8) is 0 Å². The minimum absolute atomic E-state index is 0.521. The summed E-state index contributed by atoms with van der Waals surface area (Å²) in [5.41, 5.74) is 3.92. The lowest BCUT2D eigenvalue weighted by atomic mass is 10.1. The smallest absolute Gasteiger partial charge is 0.0410 e. The molecule has 1 aromatic carbocycles. The second kappa shape index (κ2) is 5.57. The molecule has 2 rings (SSSR count). The van der Waals surface area contributed by atoms with Crippen LogP contribution < -0.4 is 4.90 Å². The van der Waals surface area contributed by atoms with Crippen LogP contribution in [0, 0.1) is 0 Å². The number of fused-ring (bicyclic) bond motifs is 1. The van der Waals surface area contributed by atoms with Gasteiger partial charge in [0, 0.05) is 35.7 Å². The van der Waals surface area contributed by atoms with Crippen LogP contribution in [0.25, 0.3) is 0 Å². The number of anilines is 1. The van der Waals surface area contributed by atoms with Gasteiger partial charge in [-0.15, -0.1) is 0 Å². The molecule has 0 radical (unpaired) electrons. The molecule has 1 unspecified atom stereocenters. The summed E-state index contributed by atoms with van der Waals surface area (Å²) in [7, 11) is 0. The Bertz CT molecular complexity index is 491. The number of nitrogens with zero attached hydrogens (tertiary/aromatic N) is 2. The third kappa shape index (κ3) is 2.75. The van der Waals surface area contributed by atoms with E-state index in [9.17, 15) is 0 Å². The van der Waals surface area contributed by atoms with Crippen molar-refractivity contribution < 1.29 is 0 Å². The predicted molar refractivity (Wildman–Crippen MR) is 79.9 cm³/mol. The van der Waals surface area contributed by atoms with E-state index < -0.39 is 0 Å². The van der Waals surface area contributed by atoms with Crippen molar-refractivity contribution in [1.29, 1.82) is 0 Å². The lowest BCUT2D eigenvalue weighted by Gasteiger charge is -2.25. The van der Waals surface area contributed by atoms with E-state index in [2.05, 4.69) is 35.9 Å². The molecule has 0 fully saturated rings. The molecule has 0 aliphatic carbocycles. The van der Waals surface area contributed by atoms with Gasteiger partial charge >= 0.3 is 0 Å². The number of hydrogen-bond donors (Lipinski definition) is 0. The van der Waals surface area contributed by atoms with Gasteiger partial charge in [-0.3, -0.25) is 4.99 Å². The Morgan fingerprint density at radius 2 is 2.33 bits per heavy atom. The van der Waals surface area contributed by atoms with Crippen LogP contribution in [0.1, 0.15) is 26.3 Å². The third-order valence-electron chi connectivity index (χ3n) is 3.26. The first-order valence-corrected chi connectivity index (χ1v) is 6.68. The molecule has 0 N–H and O–H groups in total. The van der Waals surface area contributed by atoms with Gasteiger partial charge in [-0.2, -0.15) is 0 Å². The van der Waals surface area contributed by atoms with Crippen molar-refractivity contribution in [2.75, 3.05) is 11.4 Å². The number of halogens is 1. The van der Waals surface area contributed by atoms with E-state index in [1.165, 1.54) is 16.8 Å². The first-order chi connectivity index (χ1) is 8.61. The highest BCUT2D eigenvalue weighted by atomic mass is 35.5. The molecule has 0 spiro atoms. The average Bonchev–Trinajstić information content (AvgIpc) is 2.62. The van der Waals surface area contributed by atoms with Gasteiger partial charge in [0.15, 0.2) is 0 Å². The maximum absolute atomic E-state index is 6.04. The van der Waals surface area contributed by atoms with Gasteiger partial charge in [0.05, 0.1) is 0 Å². The van der Waals surface area contributed by atoms with Crippen molar-refractivity contribution in [1.82, 2.24) is 0 Å². The second-order valence-corrected chi connectivity index (χ2v) is 5.27. The second-order valence-electron chi connectivity index (χ2n) is 4.84. The number of hydrogen-bond acceptors (Lipinski definition) is 2. The zero-order chi connectivity index (χ0) is 13.1. The molecular weight excluding hydrogens is 244 g/mol. The molecule has 18 heavy (non-hydrogen) atoms. The lowest BCUT2D eigenvalue weighted by molar-refractivity contribution is 0.697. The van der Waals surface area contributed by atoms with Crippen molar-refractivity contribution in [2.24, 2.45) is 4.99 Å². The number of rotatable bonds is 3. The minimum atomic E-state index is 0.521. The molecule has 1 heterocycles. The van der Waals surface area contributed by atoms with Crippen LogP contribution >= 0.6 is 11.6 Å². The molecule has 3 heteroatoms. The van der Waals surface area contributed by atoms with Crippen molar-refractivity contribution in [2.45, 2.75) is 33.2 Å². The Kier molecular flexibility index (Phi) is 4.07. The maximum Gasteiger partial charge on any atom is 0.0410 e. The van der Waals surface area contributed by atoms with Gasteiger partial charge in [0.1, 0.15) is 0 Å². The summed E-state index contributed by atoms with van der Waals surface area (Å²) in [6.45, 7) is 7.23. The zero-order valence-corrected chi connectivity index (χ0v) is 11.9. The van der Waals surface area contributed by atoms with Crippen molar-refractivity contribution >= 4 is 23.5 Å². The summed E-state index contributed by atoms with van der Waals surface area (Å²) < 4.78 is 0. The molecule has 0 amide bonds. The fourth-order valence-electron chi connectivity index (χ4n) is 2.42. The molecule has 0 aromatic heterocycles. The molecule has 0 saturated carbocycles. The molecule has 2 nitrogen and oxygen atoms in total. The summed E-state index contributed by atoms with van der Waals surface area (Å²) in [6.07, 6.45) is 4.81. The van der Waals surface area contributed by atoms with Gasteiger partial charge in [0.2, 0.25) is 0 Å². The fraction of sp³-hybridized carbons (Fsp3) is 0.400. The van der Waals surface area contributed by atoms with Crippen LogP contribution in [-0.2, 0) is 6.42 Å². The standard InChI is InChI=1S/C15H19ClN2/c1-4-17-9-11(2)10-18-12(3)7-13-8-14(16)5-6-15(13)18/h4-6,8-9,12H,7,10H2,1-3H3/b11-9+,17-4?. The van der Waals surface area contributed by atoms with E-state index in [4.69, 9.17) is 11.6 Å². The van der Waals surface area contributed by atoms with E-state index in [-0.39, 0.29) is 0 Å². The first kappa shape index (κ1) is 13.2. The van der Waals surface area contributed by atoms with E-state index in [1.807, 2.05) is 25.4 Å². The molecule has 0 bridgehead atoms. The average molecular weight is 263 g/mol. The van der Waals surface area contributed by atoms with Gasteiger partial charge in [0.25, 0.3) is 0 Å². The van der Waals surface area contributed by atoms with Crippen LogP contribution in [0.5, 0.6) is 0 Å². The van der Waals surface area contributed by atoms with Crippen molar-refractivity contribution in [3.8, 4) is 0 Å².